The minimum absolute atomic E-state index is 0.0903. The van der Waals surface area contributed by atoms with Gasteiger partial charge in [0.05, 0.1) is 6.42 Å². The van der Waals surface area contributed by atoms with Crippen molar-refractivity contribution in [3.05, 3.63) is 58.6 Å². The molecule has 0 atom stereocenters. The Hall–Kier alpha value is -2.33. The zero-order valence-corrected chi connectivity index (χ0v) is 13.6. The largest absolute Gasteiger partial charge is 0.326 e. The van der Waals surface area contributed by atoms with Gasteiger partial charge in [0.2, 0.25) is 11.8 Å². The molecule has 4 nitrogen and oxygen atoms in total. The summed E-state index contributed by atoms with van der Waals surface area (Å²) < 4.78 is 0. The second-order valence-corrected chi connectivity index (χ2v) is 6.09. The van der Waals surface area contributed by atoms with E-state index in [9.17, 15) is 9.59 Å². The van der Waals surface area contributed by atoms with Crippen LogP contribution >= 0.6 is 11.6 Å². The summed E-state index contributed by atoms with van der Waals surface area (Å²) in [6.45, 7) is 0. The van der Waals surface area contributed by atoms with Crippen LogP contribution in [-0.4, -0.2) is 18.9 Å². The Bertz CT molecular complexity index is 773. The van der Waals surface area contributed by atoms with Crippen LogP contribution in [0.3, 0.4) is 0 Å². The van der Waals surface area contributed by atoms with E-state index < -0.39 is 0 Å². The lowest BCUT2D eigenvalue weighted by atomic mass is 10.0. The summed E-state index contributed by atoms with van der Waals surface area (Å²) in [4.78, 5) is 25.5. The molecule has 0 aromatic heterocycles. The summed E-state index contributed by atoms with van der Waals surface area (Å²) in [5.74, 6) is 0.0303. The number of rotatable bonds is 3. The van der Waals surface area contributed by atoms with E-state index in [-0.39, 0.29) is 18.2 Å². The van der Waals surface area contributed by atoms with Gasteiger partial charge in [-0.2, -0.15) is 0 Å². The van der Waals surface area contributed by atoms with E-state index in [0.717, 1.165) is 22.5 Å². The van der Waals surface area contributed by atoms with E-state index in [1.807, 2.05) is 30.3 Å². The van der Waals surface area contributed by atoms with Crippen LogP contribution in [0.2, 0.25) is 5.02 Å². The van der Waals surface area contributed by atoms with Crippen LogP contribution in [0.5, 0.6) is 0 Å². The van der Waals surface area contributed by atoms with E-state index in [2.05, 4.69) is 5.32 Å². The van der Waals surface area contributed by atoms with Crippen molar-refractivity contribution in [2.45, 2.75) is 19.3 Å². The van der Waals surface area contributed by atoms with Crippen molar-refractivity contribution in [3.8, 4) is 0 Å². The Morgan fingerprint density at radius 3 is 2.83 bits per heavy atom. The molecule has 0 radical (unpaired) electrons. The molecule has 2 amide bonds. The Kier molecular flexibility index (Phi) is 4.35. The van der Waals surface area contributed by atoms with E-state index in [1.54, 1.807) is 24.1 Å². The molecule has 5 heteroatoms. The number of nitrogens with one attached hydrogen (secondary N) is 1. The second kappa shape index (κ2) is 6.42. The van der Waals surface area contributed by atoms with E-state index in [0.29, 0.717) is 17.9 Å². The number of carbonyl (C=O) groups excluding carboxylic acids is 2. The molecule has 0 bridgehead atoms. The summed E-state index contributed by atoms with van der Waals surface area (Å²) in [5.41, 5.74) is 3.61. The lowest BCUT2D eigenvalue weighted by Gasteiger charge is -2.26. The minimum atomic E-state index is -0.0903. The maximum Gasteiger partial charge on any atom is 0.228 e. The summed E-state index contributed by atoms with van der Waals surface area (Å²) in [7, 11) is 1.78. The Morgan fingerprint density at radius 2 is 2.04 bits per heavy atom. The third-order valence-electron chi connectivity index (χ3n) is 3.96. The molecule has 23 heavy (non-hydrogen) atoms. The van der Waals surface area contributed by atoms with Crippen LogP contribution in [0.15, 0.2) is 42.5 Å². The molecule has 3 rings (SSSR count). The normalized spacial score (nSPS) is 13.7. The number of benzene rings is 2. The zero-order valence-electron chi connectivity index (χ0n) is 12.8. The number of aryl methyl sites for hydroxylation is 1. The van der Waals surface area contributed by atoms with Gasteiger partial charge in [0.1, 0.15) is 0 Å². The van der Waals surface area contributed by atoms with Gasteiger partial charge in [0, 0.05) is 29.9 Å². The quantitative estimate of drug-likeness (QED) is 0.938. The predicted octanol–water partition coefficient (Wildman–Crippen LogP) is 3.43. The van der Waals surface area contributed by atoms with Crippen LogP contribution in [0.1, 0.15) is 17.5 Å². The highest BCUT2D eigenvalue weighted by Gasteiger charge is 2.20. The van der Waals surface area contributed by atoms with Gasteiger partial charge in [-0.15, -0.1) is 0 Å². The smallest absolute Gasteiger partial charge is 0.228 e. The molecule has 0 unspecified atom stereocenters. The van der Waals surface area contributed by atoms with Gasteiger partial charge < -0.3 is 10.2 Å². The molecule has 0 saturated carbocycles. The van der Waals surface area contributed by atoms with Crippen molar-refractivity contribution in [2.24, 2.45) is 0 Å². The predicted molar refractivity (Wildman–Crippen MR) is 92.0 cm³/mol. The number of carbonyl (C=O) groups is 2. The summed E-state index contributed by atoms with van der Waals surface area (Å²) in [6.07, 6.45) is 1.48. The van der Waals surface area contributed by atoms with E-state index in [4.69, 9.17) is 11.6 Å². The molecular weight excluding hydrogens is 312 g/mol. The van der Waals surface area contributed by atoms with Crippen molar-refractivity contribution < 1.29 is 9.59 Å². The summed E-state index contributed by atoms with van der Waals surface area (Å²) in [6, 6.07) is 12.9. The van der Waals surface area contributed by atoms with Gasteiger partial charge in [-0.1, -0.05) is 23.7 Å². The molecule has 0 aliphatic carbocycles. The van der Waals surface area contributed by atoms with Crippen molar-refractivity contribution in [1.82, 2.24) is 0 Å². The van der Waals surface area contributed by atoms with Gasteiger partial charge in [0.25, 0.3) is 0 Å². The van der Waals surface area contributed by atoms with E-state index >= 15 is 0 Å². The van der Waals surface area contributed by atoms with Crippen LogP contribution < -0.4 is 10.2 Å². The molecule has 2 aromatic rings. The highest BCUT2D eigenvalue weighted by molar-refractivity contribution is 6.30. The fourth-order valence-corrected chi connectivity index (χ4v) is 2.98. The minimum Gasteiger partial charge on any atom is -0.326 e. The number of fused-ring (bicyclic) bond motifs is 1. The molecule has 0 spiro atoms. The number of anilines is 2. The molecule has 118 valence electrons. The molecule has 2 aromatic carbocycles. The van der Waals surface area contributed by atoms with Crippen molar-refractivity contribution >= 4 is 34.8 Å². The molecule has 1 N–H and O–H groups in total. The lowest BCUT2D eigenvalue weighted by molar-refractivity contribution is -0.118. The molecule has 1 heterocycles. The fraction of sp³-hybridized carbons (Fsp3) is 0.222. The SMILES string of the molecule is CN1C(=O)CCc2cc(NC(=O)Cc3cccc(Cl)c3)ccc21. The van der Waals surface area contributed by atoms with Crippen molar-refractivity contribution in [3.63, 3.8) is 0 Å². The average molecular weight is 329 g/mol. The van der Waals surface area contributed by atoms with Gasteiger partial charge in [-0.05, 0) is 47.9 Å². The first-order chi connectivity index (χ1) is 11.0. The Morgan fingerprint density at radius 1 is 1.22 bits per heavy atom. The zero-order chi connectivity index (χ0) is 16.4. The van der Waals surface area contributed by atoms with Gasteiger partial charge in [0.15, 0.2) is 0 Å². The highest BCUT2D eigenvalue weighted by atomic mass is 35.5. The van der Waals surface area contributed by atoms with Crippen molar-refractivity contribution in [2.75, 3.05) is 17.3 Å². The lowest BCUT2D eigenvalue weighted by Crippen LogP contribution is -2.31. The van der Waals surface area contributed by atoms with Crippen molar-refractivity contribution in [1.29, 1.82) is 0 Å². The number of hydrogen-bond acceptors (Lipinski definition) is 2. The number of hydrogen-bond donors (Lipinski definition) is 1. The molecule has 1 aliphatic rings. The highest BCUT2D eigenvalue weighted by Crippen LogP contribution is 2.29. The third kappa shape index (κ3) is 3.54. The van der Waals surface area contributed by atoms with Crippen LogP contribution in [0.25, 0.3) is 0 Å². The summed E-state index contributed by atoms with van der Waals surface area (Å²) >= 11 is 5.93. The monoisotopic (exact) mass is 328 g/mol. The van der Waals surface area contributed by atoms with E-state index in [1.165, 1.54) is 0 Å². The van der Waals surface area contributed by atoms with Crippen LogP contribution in [-0.2, 0) is 22.4 Å². The standard InChI is InChI=1S/C18H17ClN2O2/c1-21-16-7-6-15(11-13(16)5-8-18(21)23)20-17(22)10-12-3-2-4-14(19)9-12/h2-4,6-7,9,11H,5,8,10H2,1H3,(H,20,22). The van der Waals surface area contributed by atoms with Gasteiger partial charge in [-0.3, -0.25) is 9.59 Å². The molecule has 1 aliphatic heterocycles. The maximum atomic E-state index is 12.2. The van der Waals surface area contributed by atoms with Gasteiger partial charge >= 0.3 is 0 Å². The second-order valence-electron chi connectivity index (χ2n) is 5.65. The summed E-state index contributed by atoms with van der Waals surface area (Å²) in [5, 5.41) is 3.52. The van der Waals surface area contributed by atoms with Crippen LogP contribution in [0, 0.1) is 0 Å². The average Bonchev–Trinajstić information content (AvgIpc) is 2.51. The first kappa shape index (κ1) is 15.6. The maximum absolute atomic E-state index is 12.2. The van der Waals surface area contributed by atoms with Crippen LogP contribution in [0.4, 0.5) is 11.4 Å². The Labute approximate surface area is 140 Å². The molecular formula is C18H17ClN2O2. The molecule has 0 saturated heterocycles. The molecule has 0 fully saturated rings. The number of halogens is 1. The fourth-order valence-electron chi connectivity index (χ4n) is 2.77. The number of nitrogens with zero attached hydrogens (tertiary/aromatic N) is 1. The number of amides is 2. The first-order valence-electron chi connectivity index (χ1n) is 7.47. The van der Waals surface area contributed by atoms with Gasteiger partial charge in [-0.25, -0.2) is 0 Å². The topological polar surface area (TPSA) is 49.4 Å². The third-order valence-corrected chi connectivity index (χ3v) is 4.20. The first-order valence-corrected chi connectivity index (χ1v) is 7.84. The Balaban J connectivity index is 1.71.